The van der Waals surface area contributed by atoms with Gasteiger partial charge < -0.3 is 14.7 Å². The van der Waals surface area contributed by atoms with Crippen LogP contribution >= 0.6 is 11.3 Å². The Labute approximate surface area is 123 Å². The van der Waals surface area contributed by atoms with Crippen LogP contribution in [0.25, 0.3) is 0 Å². The molecule has 0 aliphatic carbocycles. The third kappa shape index (κ3) is 3.83. The van der Waals surface area contributed by atoms with Crippen LogP contribution in [0.2, 0.25) is 0 Å². The van der Waals surface area contributed by atoms with Gasteiger partial charge in [0.1, 0.15) is 6.61 Å². The molecule has 1 aromatic rings. The summed E-state index contributed by atoms with van der Waals surface area (Å²) in [5.74, 6) is 5.49. The number of hydrogen-bond acceptors (Lipinski definition) is 4. The first kappa shape index (κ1) is 15.0. The van der Waals surface area contributed by atoms with Gasteiger partial charge in [0.25, 0.3) is 5.91 Å². The molecule has 1 amide bonds. The minimum Gasteiger partial charge on any atom is -0.384 e. The van der Waals surface area contributed by atoms with E-state index < -0.39 is 0 Å². The van der Waals surface area contributed by atoms with Crippen LogP contribution < -0.4 is 0 Å². The molecule has 2 heterocycles. The molecule has 1 saturated heterocycles. The average molecular weight is 293 g/mol. The standard InChI is InChI=1S/C15H19NO3S/c1-2-19-12-7-9-16(10-8-12)15(18)14-6-5-13(20-14)4-3-11-17/h5-6,12,17H,2,7-11H2,1H3. The number of likely N-dealkylation sites (tertiary alicyclic amines) is 1. The average Bonchev–Trinajstić information content (AvgIpc) is 2.94. The molecule has 5 heteroatoms. The molecule has 0 bridgehead atoms. The molecule has 0 spiro atoms. The number of ether oxygens (including phenoxy) is 1. The van der Waals surface area contributed by atoms with E-state index in [1.54, 1.807) is 0 Å². The predicted molar refractivity (Wildman–Crippen MR) is 78.8 cm³/mol. The second-order valence-electron chi connectivity index (χ2n) is 4.57. The number of nitrogens with zero attached hydrogens (tertiary/aromatic N) is 1. The smallest absolute Gasteiger partial charge is 0.263 e. The van der Waals surface area contributed by atoms with E-state index in [9.17, 15) is 4.79 Å². The summed E-state index contributed by atoms with van der Waals surface area (Å²) in [6.07, 6.45) is 2.10. The molecule has 1 N–H and O–H groups in total. The Hall–Kier alpha value is -1.35. The molecule has 1 fully saturated rings. The summed E-state index contributed by atoms with van der Waals surface area (Å²) in [5.41, 5.74) is 0. The van der Waals surface area contributed by atoms with Crippen LogP contribution in [0.1, 0.15) is 34.3 Å². The molecular weight excluding hydrogens is 274 g/mol. The van der Waals surface area contributed by atoms with Gasteiger partial charge in [0.15, 0.2) is 0 Å². The Morgan fingerprint density at radius 1 is 1.50 bits per heavy atom. The van der Waals surface area contributed by atoms with Crippen LogP contribution in [0.5, 0.6) is 0 Å². The molecule has 2 rings (SSSR count). The van der Waals surface area contributed by atoms with Gasteiger partial charge >= 0.3 is 0 Å². The van der Waals surface area contributed by atoms with Gasteiger partial charge in [-0.05, 0) is 31.9 Å². The lowest BCUT2D eigenvalue weighted by molar-refractivity contribution is 0.0147. The lowest BCUT2D eigenvalue weighted by Gasteiger charge is -2.31. The maximum atomic E-state index is 12.3. The third-order valence-electron chi connectivity index (χ3n) is 3.24. The molecule has 4 nitrogen and oxygen atoms in total. The normalized spacial score (nSPS) is 15.8. The summed E-state index contributed by atoms with van der Waals surface area (Å²) in [4.78, 5) is 15.8. The summed E-state index contributed by atoms with van der Waals surface area (Å²) in [7, 11) is 0. The van der Waals surface area contributed by atoms with Crippen molar-refractivity contribution >= 4 is 17.2 Å². The van der Waals surface area contributed by atoms with Gasteiger partial charge in [-0.15, -0.1) is 11.3 Å². The van der Waals surface area contributed by atoms with Gasteiger partial charge in [0.05, 0.1) is 15.9 Å². The monoisotopic (exact) mass is 293 g/mol. The molecule has 0 saturated carbocycles. The van der Waals surface area contributed by atoms with Crippen LogP contribution in [-0.2, 0) is 4.74 Å². The van der Waals surface area contributed by atoms with E-state index in [1.165, 1.54) is 11.3 Å². The molecule has 1 aliphatic heterocycles. The highest BCUT2D eigenvalue weighted by molar-refractivity contribution is 7.14. The topological polar surface area (TPSA) is 49.8 Å². The number of amides is 1. The second-order valence-corrected chi connectivity index (χ2v) is 5.65. The van der Waals surface area contributed by atoms with E-state index in [4.69, 9.17) is 9.84 Å². The maximum Gasteiger partial charge on any atom is 0.263 e. The van der Waals surface area contributed by atoms with Crippen LogP contribution in [0.4, 0.5) is 0 Å². The summed E-state index contributed by atoms with van der Waals surface area (Å²) < 4.78 is 5.59. The van der Waals surface area contributed by atoms with Crippen molar-refractivity contribution < 1.29 is 14.6 Å². The Kier molecular flexibility index (Phi) is 5.60. The van der Waals surface area contributed by atoms with Crippen molar-refractivity contribution in [2.45, 2.75) is 25.9 Å². The first-order valence-corrected chi connectivity index (χ1v) is 7.66. The van der Waals surface area contributed by atoms with Gasteiger partial charge in [-0.1, -0.05) is 11.8 Å². The first-order valence-electron chi connectivity index (χ1n) is 6.85. The fourth-order valence-corrected chi connectivity index (χ4v) is 3.11. The highest BCUT2D eigenvalue weighted by atomic mass is 32.1. The van der Waals surface area contributed by atoms with E-state index in [0.717, 1.165) is 37.4 Å². The first-order chi connectivity index (χ1) is 9.74. The van der Waals surface area contributed by atoms with Crippen molar-refractivity contribution in [3.05, 3.63) is 21.9 Å². The largest absolute Gasteiger partial charge is 0.384 e. The zero-order chi connectivity index (χ0) is 14.4. The van der Waals surface area contributed by atoms with Gasteiger partial charge in [0, 0.05) is 19.7 Å². The molecule has 0 aromatic carbocycles. The summed E-state index contributed by atoms with van der Waals surface area (Å²) in [5, 5.41) is 8.66. The van der Waals surface area contributed by atoms with Crippen molar-refractivity contribution in [2.75, 3.05) is 26.3 Å². The maximum absolute atomic E-state index is 12.3. The second kappa shape index (κ2) is 7.44. The van der Waals surface area contributed by atoms with E-state index in [-0.39, 0.29) is 12.5 Å². The molecule has 0 atom stereocenters. The molecule has 1 aliphatic rings. The highest BCUT2D eigenvalue weighted by Gasteiger charge is 2.24. The van der Waals surface area contributed by atoms with E-state index in [2.05, 4.69) is 11.8 Å². The van der Waals surface area contributed by atoms with Crippen LogP contribution in [0.3, 0.4) is 0 Å². The van der Waals surface area contributed by atoms with Crippen molar-refractivity contribution in [1.29, 1.82) is 0 Å². The Bertz CT molecular complexity index is 507. The number of carbonyl (C=O) groups is 1. The molecule has 0 unspecified atom stereocenters. The number of thiophene rings is 1. The molecule has 20 heavy (non-hydrogen) atoms. The minimum atomic E-state index is -0.161. The van der Waals surface area contributed by atoms with Crippen LogP contribution in [0, 0.1) is 11.8 Å². The molecule has 1 aromatic heterocycles. The third-order valence-corrected chi connectivity index (χ3v) is 4.23. The fourth-order valence-electron chi connectivity index (χ4n) is 2.26. The van der Waals surface area contributed by atoms with Gasteiger partial charge in [-0.2, -0.15) is 0 Å². The number of carbonyl (C=O) groups excluding carboxylic acids is 1. The lowest BCUT2D eigenvalue weighted by Crippen LogP contribution is -2.40. The van der Waals surface area contributed by atoms with Crippen LogP contribution in [-0.4, -0.2) is 48.3 Å². The van der Waals surface area contributed by atoms with Crippen molar-refractivity contribution in [3.8, 4) is 11.8 Å². The van der Waals surface area contributed by atoms with Crippen molar-refractivity contribution in [1.82, 2.24) is 4.90 Å². The van der Waals surface area contributed by atoms with E-state index in [0.29, 0.717) is 11.0 Å². The van der Waals surface area contributed by atoms with Crippen LogP contribution in [0.15, 0.2) is 12.1 Å². The van der Waals surface area contributed by atoms with E-state index in [1.807, 2.05) is 24.0 Å². The number of aliphatic hydroxyl groups is 1. The Morgan fingerprint density at radius 2 is 2.25 bits per heavy atom. The van der Waals surface area contributed by atoms with Gasteiger partial charge in [-0.25, -0.2) is 0 Å². The Balaban J connectivity index is 1.93. The zero-order valence-corrected chi connectivity index (χ0v) is 12.4. The molecular formula is C15H19NO3S. The van der Waals surface area contributed by atoms with Crippen molar-refractivity contribution in [2.24, 2.45) is 0 Å². The molecule has 0 radical (unpaired) electrons. The Morgan fingerprint density at radius 3 is 2.90 bits per heavy atom. The minimum absolute atomic E-state index is 0.0713. The van der Waals surface area contributed by atoms with Gasteiger partial charge in [0.2, 0.25) is 0 Å². The lowest BCUT2D eigenvalue weighted by atomic mass is 10.1. The fraction of sp³-hybridized carbons (Fsp3) is 0.533. The zero-order valence-electron chi connectivity index (χ0n) is 11.6. The number of aliphatic hydroxyl groups excluding tert-OH is 1. The summed E-state index contributed by atoms with van der Waals surface area (Å²) in [6.45, 7) is 4.07. The SMILES string of the molecule is CCOC1CCN(C(=O)c2ccc(C#CCO)s2)CC1. The summed E-state index contributed by atoms with van der Waals surface area (Å²) >= 11 is 1.38. The van der Waals surface area contributed by atoms with Gasteiger partial charge in [-0.3, -0.25) is 4.79 Å². The predicted octanol–water partition coefficient (Wildman–Crippen LogP) is 1.73. The number of hydrogen-bond donors (Lipinski definition) is 1. The molecule has 108 valence electrons. The number of piperidine rings is 1. The number of rotatable bonds is 3. The quantitative estimate of drug-likeness (QED) is 0.864. The summed E-state index contributed by atoms with van der Waals surface area (Å²) in [6, 6.07) is 3.64. The highest BCUT2D eigenvalue weighted by Crippen LogP contribution is 2.21. The van der Waals surface area contributed by atoms with E-state index >= 15 is 0 Å². The van der Waals surface area contributed by atoms with Crippen molar-refractivity contribution in [3.63, 3.8) is 0 Å².